The topological polar surface area (TPSA) is 86.9 Å². The number of benzene rings is 2. The summed E-state index contributed by atoms with van der Waals surface area (Å²) in [6.07, 6.45) is 6.09. The van der Waals surface area contributed by atoms with Gasteiger partial charge in [-0.1, -0.05) is 29.3 Å². The molecule has 1 aliphatic heterocycles. The summed E-state index contributed by atoms with van der Waals surface area (Å²) in [5, 5.41) is 4.88. The highest BCUT2D eigenvalue weighted by molar-refractivity contribution is 6.42. The Morgan fingerprint density at radius 1 is 1.05 bits per heavy atom. The van der Waals surface area contributed by atoms with E-state index in [9.17, 15) is 9.59 Å². The molecule has 1 saturated heterocycles. The molecule has 8 nitrogen and oxygen atoms in total. The van der Waals surface area contributed by atoms with E-state index in [1.165, 1.54) is 7.11 Å². The van der Waals surface area contributed by atoms with E-state index in [-0.39, 0.29) is 17.6 Å². The number of allylic oxidation sites excluding steroid dienone is 2. The summed E-state index contributed by atoms with van der Waals surface area (Å²) in [6.45, 7) is 7.32. The van der Waals surface area contributed by atoms with Gasteiger partial charge in [0.2, 0.25) is 0 Å². The number of amides is 1. The molecule has 0 saturated carbocycles. The first-order valence-electron chi connectivity index (χ1n) is 13.3. The Hall–Kier alpha value is -3.46. The van der Waals surface area contributed by atoms with Gasteiger partial charge < -0.3 is 24.7 Å². The summed E-state index contributed by atoms with van der Waals surface area (Å²) >= 11 is 12.2. The molecule has 0 unspecified atom stereocenters. The Balaban J connectivity index is 1.18. The number of nitrogens with one attached hydrogen (secondary N) is 2. The van der Waals surface area contributed by atoms with Crippen molar-refractivity contribution in [2.45, 2.75) is 13.3 Å². The Morgan fingerprint density at radius 3 is 2.48 bits per heavy atom. The average Bonchev–Trinajstić information content (AvgIpc) is 3.35. The summed E-state index contributed by atoms with van der Waals surface area (Å²) in [5.74, 6) is -0.308. The number of hydrogen-bond acceptors (Lipinski definition) is 6. The maximum atomic E-state index is 12.6. The van der Waals surface area contributed by atoms with Crippen LogP contribution in [0.4, 0.5) is 5.69 Å². The van der Waals surface area contributed by atoms with Crippen LogP contribution in [0.1, 0.15) is 29.4 Å². The van der Waals surface area contributed by atoms with Gasteiger partial charge in [-0.25, -0.2) is 4.79 Å². The number of ether oxygens (including phenoxy) is 2. The van der Waals surface area contributed by atoms with Gasteiger partial charge in [0.1, 0.15) is 0 Å². The van der Waals surface area contributed by atoms with Crippen LogP contribution in [0.3, 0.4) is 0 Å². The number of carbonyl (C=O) groups excluding carboxylic acids is 2. The van der Waals surface area contributed by atoms with Gasteiger partial charge in [0.15, 0.2) is 5.76 Å². The second-order valence-corrected chi connectivity index (χ2v) is 10.2. The van der Waals surface area contributed by atoms with Gasteiger partial charge in [0.05, 0.1) is 29.3 Å². The van der Waals surface area contributed by atoms with E-state index in [0.29, 0.717) is 28.8 Å². The highest BCUT2D eigenvalue weighted by Crippen LogP contribution is 2.28. The summed E-state index contributed by atoms with van der Waals surface area (Å²) < 4.78 is 10.3. The Kier molecular flexibility index (Phi) is 10.5. The molecule has 0 aliphatic carbocycles. The van der Waals surface area contributed by atoms with Crippen LogP contribution in [0, 0.1) is 0 Å². The van der Waals surface area contributed by atoms with Gasteiger partial charge in [-0.3, -0.25) is 9.69 Å². The van der Waals surface area contributed by atoms with E-state index in [4.69, 9.17) is 32.7 Å². The van der Waals surface area contributed by atoms with Crippen LogP contribution in [0.5, 0.6) is 0 Å². The fourth-order valence-corrected chi connectivity index (χ4v) is 4.89. The van der Waals surface area contributed by atoms with Crippen molar-refractivity contribution in [3.8, 4) is 0 Å². The number of H-pyrrole nitrogens is 1. The molecule has 10 heteroatoms. The van der Waals surface area contributed by atoms with Gasteiger partial charge in [-0.2, -0.15) is 0 Å². The Morgan fingerprint density at radius 2 is 1.77 bits per heavy atom. The number of rotatable bonds is 11. The fraction of sp³-hybridized carbons (Fsp3) is 0.333. The number of aromatic amines is 1. The third-order valence-corrected chi connectivity index (χ3v) is 7.42. The van der Waals surface area contributed by atoms with Crippen molar-refractivity contribution in [1.82, 2.24) is 15.2 Å². The Labute approximate surface area is 244 Å². The molecule has 2 N–H and O–H groups in total. The van der Waals surface area contributed by atoms with Gasteiger partial charge in [0, 0.05) is 55.0 Å². The van der Waals surface area contributed by atoms with Crippen LogP contribution in [0.15, 0.2) is 60.4 Å². The first-order chi connectivity index (χ1) is 19.4. The van der Waals surface area contributed by atoms with Crippen molar-refractivity contribution in [2.24, 2.45) is 0 Å². The van der Waals surface area contributed by atoms with E-state index in [1.54, 1.807) is 25.1 Å². The minimum absolute atomic E-state index is 0.237. The van der Waals surface area contributed by atoms with Crippen LogP contribution < -0.4 is 10.2 Å². The molecule has 0 radical (unpaired) electrons. The lowest BCUT2D eigenvalue weighted by molar-refractivity contribution is -0.120. The number of fused-ring (bicyclic) bond motifs is 1. The lowest BCUT2D eigenvalue weighted by atomic mass is 10.2. The maximum Gasteiger partial charge on any atom is 0.338 e. The highest BCUT2D eigenvalue weighted by atomic mass is 35.5. The number of hydrogen-bond donors (Lipinski definition) is 2. The summed E-state index contributed by atoms with van der Waals surface area (Å²) in [6, 6.07) is 13.1. The van der Waals surface area contributed by atoms with Crippen LogP contribution in [-0.2, 0) is 14.3 Å². The zero-order chi connectivity index (χ0) is 28.5. The van der Waals surface area contributed by atoms with Crippen molar-refractivity contribution < 1.29 is 19.1 Å². The van der Waals surface area contributed by atoms with Crippen molar-refractivity contribution in [2.75, 3.05) is 57.9 Å². The third-order valence-electron chi connectivity index (χ3n) is 6.70. The van der Waals surface area contributed by atoms with E-state index in [1.807, 2.05) is 42.5 Å². The molecule has 1 aliphatic rings. The normalized spacial score (nSPS) is 14.6. The van der Waals surface area contributed by atoms with Crippen molar-refractivity contribution in [1.29, 1.82) is 0 Å². The molecule has 2 aromatic carbocycles. The zero-order valence-corrected chi connectivity index (χ0v) is 24.2. The SMILES string of the molecule is CCOC(=O)c1ccc(N2CCN(CCCNC(=O)/C(=C/C=C/c3cc4cc(Cl)c(Cl)cc4[nH]3)OC)CC2)cc1. The van der Waals surface area contributed by atoms with Crippen molar-refractivity contribution in [3.63, 3.8) is 0 Å². The molecule has 0 spiro atoms. The number of anilines is 1. The second-order valence-electron chi connectivity index (χ2n) is 9.38. The highest BCUT2D eigenvalue weighted by Gasteiger charge is 2.18. The maximum absolute atomic E-state index is 12.6. The van der Waals surface area contributed by atoms with E-state index in [0.717, 1.165) is 61.4 Å². The number of halogens is 2. The molecule has 1 aromatic heterocycles. The quantitative estimate of drug-likeness (QED) is 0.101. The smallest absolute Gasteiger partial charge is 0.338 e. The predicted octanol–water partition coefficient (Wildman–Crippen LogP) is 5.52. The second kappa shape index (κ2) is 14.3. The van der Waals surface area contributed by atoms with Crippen molar-refractivity contribution >= 4 is 57.7 Å². The number of piperazine rings is 1. The lowest BCUT2D eigenvalue weighted by Crippen LogP contribution is -2.47. The van der Waals surface area contributed by atoms with Gasteiger partial charge >= 0.3 is 5.97 Å². The molecule has 4 rings (SSSR count). The molecule has 212 valence electrons. The summed E-state index contributed by atoms with van der Waals surface area (Å²) in [4.78, 5) is 32.4. The molecule has 1 fully saturated rings. The molecule has 40 heavy (non-hydrogen) atoms. The number of aromatic nitrogens is 1. The van der Waals surface area contributed by atoms with Crippen LogP contribution in [0.2, 0.25) is 10.0 Å². The van der Waals surface area contributed by atoms with E-state index >= 15 is 0 Å². The molecule has 2 heterocycles. The molecular weight excluding hydrogens is 551 g/mol. The molecular formula is C30H34Cl2N4O4. The molecule has 0 atom stereocenters. The fourth-order valence-electron chi connectivity index (χ4n) is 4.56. The van der Waals surface area contributed by atoms with Gasteiger partial charge in [0.25, 0.3) is 5.91 Å². The number of carbonyl (C=O) groups is 2. The van der Waals surface area contributed by atoms with Crippen LogP contribution in [0.25, 0.3) is 17.0 Å². The summed E-state index contributed by atoms with van der Waals surface area (Å²) in [7, 11) is 1.48. The molecule has 3 aromatic rings. The first-order valence-corrected chi connectivity index (χ1v) is 14.1. The minimum atomic E-state index is -0.293. The Bertz CT molecular complexity index is 1340. The third kappa shape index (κ3) is 7.81. The number of esters is 1. The molecule has 1 amide bonds. The standard InChI is InChI=1S/C30H34Cl2N4O4/c1-3-40-30(38)21-8-10-24(11-9-21)36-16-14-35(15-17-36)13-5-12-33-29(37)28(39-2)7-4-6-23-18-22-19-25(31)26(32)20-27(22)34-23/h4,6-11,18-20,34H,3,5,12-17H2,1-2H3,(H,33,37)/b6-4+,28-7-. The van der Waals surface area contributed by atoms with Crippen molar-refractivity contribution in [3.05, 3.63) is 81.7 Å². The van der Waals surface area contributed by atoms with E-state index in [2.05, 4.69) is 20.1 Å². The average molecular weight is 586 g/mol. The van der Waals surface area contributed by atoms with Gasteiger partial charge in [-0.05, 0) is 74.5 Å². The van der Waals surface area contributed by atoms with Crippen LogP contribution >= 0.6 is 23.2 Å². The predicted molar refractivity (Wildman–Crippen MR) is 161 cm³/mol. The monoisotopic (exact) mass is 584 g/mol. The lowest BCUT2D eigenvalue weighted by Gasteiger charge is -2.36. The minimum Gasteiger partial charge on any atom is -0.491 e. The van der Waals surface area contributed by atoms with Crippen LogP contribution in [-0.4, -0.2) is 74.7 Å². The summed E-state index contributed by atoms with van der Waals surface area (Å²) in [5.41, 5.74) is 3.41. The molecule has 0 bridgehead atoms. The largest absolute Gasteiger partial charge is 0.491 e. The zero-order valence-electron chi connectivity index (χ0n) is 22.7. The van der Waals surface area contributed by atoms with E-state index < -0.39 is 0 Å². The first kappa shape index (κ1) is 29.5. The number of methoxy groups -OCH3 is 1. The number of nitrogens with zero attached hydrogens (tertiary/aromatic N) is 2. The van der Waals surface area contributed by atoms with Gasteiger partial charge in [-0.15, -0.1) is 0 Å².